The zero-order chi connectivity index (χ0) is 16.0. The number of nitro groups is 1. The summed E-state index contributed by atoms with van der Waals surface area (Å²) < 4.78 is 39.7. The fourth-order valence-corrected chi connectivity index (χ4v) is 2.98. The summed E-state index contributed by atoms with van der Waals surface area (Å²) in [5.74, 6) is -1.17. The van der Waals surface area contributed by atoms with Crippen LogP contribution in [0.4, 0.5) is 10.1 Å². The molecule has 1 rings (SSSR count). The van der Waals surface area contributed by atoms with E-state index in [-0.39, 0.29) is 6.54 Å². The van der Waals surface area contributed by atoms with Gasteiger partial charge >= 0.3 is 5.69 Å². The minimum absolute atomic E-state index is 0.143. The van der Waals surface area contributed by atoms with Crippen molar-refractivity contribution in [3.05, 3.63) is 34.1 Å². The Labute approximate surface area is 123 Å². The molecule has 0 aliphatic rings. The molecule has 0 aromatic heterocycles. The molecule has 0 heterocycles. The maximum Gasteiger partial charge on any atom is 0.324 e. The third kappa shape index (κ3) is 5.03. The molecule has 0 aliphatic heterocycles. The normalized spacial score (nSPS) is 11.8. The van der Waals surface area contributed by atoms with Crippen LogP contribution in [-0.2, 0) is 10.0 Å². The molecule has 0 aliphatic carbocycles. The van der Waals surface area contributed by atoms with Gasteiger partial charge in [-0.3, -0.25) is 10.1 Å². The number of hydrogen-bond acceptors (Lipinski definition) is 5. The summed E-state index contributed by atoms with van der Waals surface area (Å²) >= 11 is 0. The van der Waals surface area contributed by atoms with Crippen LogP contribution in [0.15, 0.2) is 23.1 Å². The lowest BCUT2D eigenvalue weighted by Crippen LogP contribution is -2.26. The van der Waals surface area contributed by atoms with Gasteiger partial charge in [0, 0.05) is 6.54 Å². The Hall–Kier alpha value is -1.58. The third-order valence-corrected chi connectivity index (χ3v) is 4.24. The average molecular weight is 319 g/mol. The van der Waals surface area contributed by atoms with Crippen molar-refractivity contribution in [2.75, 3.05) is 27.2 Å². The molecule has 0 radical (unpaired) electrons. The number of sulfonamides is 1. The Morgan fingerprint density at radius 2 is 2.00 bits per heavy atom. The minimum atomic E-state index is -4.10. The van der Waals surface area contributed by atoms with Crippen LogP contribution < -0.4 is 4.72 Å². The molecule has 0 unspecified atom stereocenters. The van der Waals surface area contributed by atoms with E-state index >= 15 is 0 Å². The van der Waals surface area contributed by atoms with Gasteiger partial charge < -0.3 is 4.90 Å². The van der Waals surface area contributed by atoms with Gasteiger partial charge in [-0.1, -0.05) is 6.07 Å². The highest BCUT2D eigenvalue weighted by Gasteiger charge is 2.28. The second-order valence-corrected chi connectivity index (χ2v) is 6.49. The van der Waals surface area contributed by atoms with Crippen LogP contribution in [0.2, 0.25) is 0 Å². The van der Waals surface area contributed by atoms with Gasteiger partial charge in [0.2, 0.25) is 15.8 Å². The van der Waals surface area contributed by atoms with E-state index in [1.54, 1.807) is 0 Å². The van der Waals surface area contributed by atoms with E-state index in [0.29, 0.717) is 6.42 Å². The van der Waals surface area contributed by atoms with Gasteiger partial charge in [-0.15, -0.1) is 0 Å². The number of hydrogen-bond donors (Lipinski definition) is 1. The van der Waals surface area contributed by atoms with E-state index in [1.165, 1.54) is 0 Å². The van der Waals surface area contributed by atoms with Gasteiger partial charge in [-0.25, -0.2) is 13.1 Å². The van der Waals surface area contributed by atoms with E-state index < -0.39 is 31.3 Å². The fraction of sp³-hybridized carbons (Fsp3) is 0.500. The number of nitrogens with zero attached hydrogens (tertiary/aromatic N) is 2. The lowest BCUT2D eigenvalue weighted by Gasteiger charge is -2.10. The largest absolute Gasteiger partial charge is 0.324 e. The van der Waals surface area contributed by atoms with E-state index in [0.717, 1.165) is 31.2 Å². The van der Waals surface area contributed by atoms with Crippen LogP contribution in [-0.4, -0.2) is 45.4 Å². The zero-order valence-electron chi connectivity index (χ0n) is 11.9. The van der Waals surface area contributed by atoms with Crippen LogP contribution in [0, 0.1) is 15.9 Å². The molecule has 118 valence electrons. The molecule has 0 fully saturated rings. The number of unbranched alkanes of at least 4 members (excludes halogenated alkanes) is 1. The highest BCUT2D eigenvalue weighted by atomic mass is 32.2. The monoisotopic (exact) mass is 319 g/mol. The number of benzene rings is 1. The molecule has 1 N–H and O–H groups in total. The summed E-state index contributed by atoms with van der Waals surface area (Å²) in [4.78, 5) is 11.1. The molecular formula is C12H18FN3O4S. The van der Waals surface area contributed by atoms with Crippen molar-refractivity contribution >= 4 is 15.7 Å². The standard InChI is InChI=1S/C12H18FN3O4S/c1-15(2)9-4-3-8-14-21(19,20)11-7-5-6-10(13)12(11)16(17)18/h5-7,14H,3-4,8-9H2,1-2H3. The molecule has 21 heavy (non-hydrogen) atoms. The quantitative estimate of drug-likeness (QED) is 0.443. The van der Waals surface area contributed by atoms with Crippen LogP contribution >= 0.6 is 0 Å². The Bertz CT molecular complexity index is 605. The van der Waals surface area contributed by atoms with Crippen molar-refractivity contribution in [3.63, 3.8) is 0 Å². The first-order valence-electron chi connectivity index (χ1n) is 6.33. The number of halogens is 1. The Kier molecular flexibility index (Phi) is 6.19. The van der Waals surface area contributed by atoms with Crippen LogP contribution in [0.3, 0.4) is 0 Å². The van der Waals surface area contributed by atoms with E-state index in [4.69, 9.17) is 0 Å². The van der Waals surface area contributed by atoms with Gasteiger partial charge in [0.1, 0.15) is 0 Å². The van der Waals surface area contributed by atoms with E-state index in [2.05, 4.69) is 4.72 Å². The van der Waals surface area contributed by atoms with Crippen LogP contribution in [0.25, 0.3) is 0 Å². The lowest BCUT2D eigenvalue weighted by molar-refractivity contribution is -0.390. The predicted molar refractivity (Wildman–Crippen MR) is 76.0 cm³/mol. The molecule has 0 atom stereocenters. The van der Waals surface area contributed by atoms with Crippen molar-refractivity contribution < 1.29 is 17.7 Å². The fourth-order valence-electron chi connectivity index (χ4n) is 1.73. The summed E-state index contributed by atoms with van der Waals surface area (Å²) in [5, 5.41) is 10.8. The number of nitro benzene ring substituents is 1. The molecule has 0 spiro atoms. The molecule has 1 aromatic rings. The van der Waals surface area contributed by atoms with Crippen LogP contribution in [0.1, 0.15) is 12.8 Å². The summed E-state index contributed by atoms with van der Waals surface area (Å²) in [7, 11) is -0.298. The van der Waals surface area contributed by atoms with Gasteiger partial charge in [0.15, 0.2) is 4.90 Å². The van der Waals surface area contributed by atoms with Crippen molar-refractivity contribution in [1.82, 2.24) is 9.62 Å². The van der Waals surface area contributed by atoms with E-state index in [1.807, 2.05) is 19.0 Å². The third-order valence-electron chi connectivity index (χ3n) is 2.75. The summed E-state index contributed by atoms with van der Waals surface area (Å²) in [5.41, 5.74) is -1.03. The van der Waals surface area contributed by atoms with Crippen molar-refractivity contribution in [2.45, 2.75) is 17.7 Å². The number of nitrogens with one attached hydrogen (secondary N) is 1. The van der Waals surface area contributed by atoms with Crippen molar-refractivity contribution in [2.24, 2.45) is 0 Å². The number of rotatable bonds is 8. The lowest BCUT2D eigenvalue weighted by atomic mass is 10.3. The molecular weight excluding hydrogens is 301 g/mol. The first-order chi connectivity index (χ1) is 9.75. The zero-order valence-corrected chi connectivity index (χ0v) is 12.7. The van der Waals surface area contributed by atoms with Crippen LogP contribution in [0.5, 0.6) is 0 Å². The minimum Gasteiger partial charge on any atom is -0.309 e. The first-order valence-corrected chi connectivity index (χ1v) is 7.81. The molecule has 9 heteroatoms. The summed E-state index contributed by atoms with van der Waals surface area (Å²) in [6.07, 6.45) is 1.36. The molecule has 0 saturated heterocycles. The number of para-hydroxylation sites is 1. The maximum atomic E-state index is 13.4. The van der Waals surface area contributed by atoms with Gasteiger partial charge in [0.25, 0.3) is 0 Å². The first kappa shape index (κ1) is 17.5. The molecule has 0 bridgehead atoms. The van der Waals surface area contributed by atoms with Gasteiger partial charge in [0.05, 0.1) is 4.92 Å². The molecule has 0 amide bonds. The Morgan fingerprint density at radius 3 is 2.57 bits per heavy atom. The van der Waals surface area contributed by atoms with Gasteiger partial charge in [-0.05, 0) is 45.6 Å². The highest BCUT2D eigenvalue weighted by Crippen LogP contribution is 2.26. The predicted octanol–water partition coefficient (Wildman–Crippen LogP) is 1.35. The molecule has 1 aromatic carbocycles. The smallest absolute Gasteiger partial charge is 0.309 e. The van der Waals surface area contributed by atoms with Crippen molar-refractivity contribution in [3.8, 4) is 0 Å². The SMILES string of the molecule is CN(C)CCCCNS(=O)(=O)c1cccc(F)c1[N+](=O)[O-]. The second kappa shape index (κ2) is 7.43. The topological polar surface area (TPSA) is 92.6 Å². The van der Waals surface area contributed by atoms with Crippen molar-refractivity contribution in [1.29, 1.82) is 0 Å². The highest BCUT2D eigenvalue weighted by molar-refractivity contribution is 7.89. The van der Waals surface area contributed by atoms with Gasteiger partial charge in [-0.2, -0.15) is 4.39 Å². The van der Waals surface area contributed by atoms with E-state index in [9.17, 15) is 22.9 Å². The molecule has 0 saturated carbocycles. The maximum absolute atomic E-state index is 13.4. The Balaban J connectivity index is 2.80. The second-order valence-electron chi connectivity index (χ2n) is 4.75. The Morgan fingerprint density at radius 1 is 1.33 bits per heavy atom. The summed E-state index contributed by atoms with van der Waals surface area (Å²) in [6.45, 7) is 0.950. The average Bonchev–Trinajstić information content (AvgIpc) is 2.37. The molecule has 7 nitrogen and oxygen atoms in total. The summed E-state index contributed by atoms with van der Waals surface area (Å²) in [6, 6.07) is 3.00.